The van der Waals surface area contributed by atoms with Crippen LogP contribution in [0.1, 0.15) is 39.2 Å². The van der Waals surface area contributed by atoms with Crippen LogP contribution in [0, 0.1) is 11.3 Å². The molecule has 1 aromatic carbocycles. The Hall–Kier alpha value is -2.82. The molecule has 2 amide bonds. The summed E-state index contributed by atoms with van der Waals surface area (Å²) >= 11 is 0. The predicted molar refractivity (Wildman–Crippen MR) is 138 cm³/mol. The summed E-state index contributed by atoms with van der Waals surface area (Å²) in [5.41, 5.74) is 8.92. The summed E-state index contributed by atoms with van der Waals surface area (Å²) in [6.45, 7) is 5.16. The fraction of sp³-hybridized carbons (Fsp3) is 0.591. The number of rotatable bonds is 14. The van der Waals surface area contributed by atoms with Crippen LogP contribution in [0.2, 0.25) is 0 Å². The summed E-state index contributed by atoms with van der Waals surface area (Å²) in [4.78, 5) is 27.1. The number of nitrogens with zero attached hydrogens (tertiary/aromatic N) is 4. The van der Waals surface area contributed by atoms with Crippen molar-refractivity contribution in [1.29, 1.82) is 5.26 Å². The molecule has 3 N–H and O–H groups in total. The van der Waals surface area contributed by atoms with Crippen molar-refractivity contribution in [3.63, 3.8) is 0 Å². The van der Waals surface area contributed by atoms with Crippen molar-refractivity contribution in [2.24, 2.45) is 5.11 Å². The first kappa shape index (κ1) is 31.2. The normalized spacial score (nSPS) is 13.3. The standard InChI is InChI=1S/C22H32N6O6S2/c1-22(2,3)34-21(31)26-18(19(29)32-12-11-23)10-9-17(36-35-4)13-25-20(30)33-14-15-5-7-16(8-6-15)27-28-24/h5-8,17-19,29H,9-10,12-14H2,1-4H3,(H,25,30)(H,26,31)/t17-,18-,19?/m0/s1. The van der Waals surface area contributed by atoms with Gasteiger partial charge in [-0.05, 0) is 51.0 Å². The zero-order chi connectivity index (χ0) is 27.0. The van der Waals surface area contributed by atoms with Crippen LogP contribution in [0.4, 0.5) is 15.3 Å². The first-order valence-corrected chi connectivity index (χ1v) is 13.6. The fourth-order valence-electron chi connectivity index (χ4n) is 2.78. The van der Waals surface area contributed by atoms with E-state index in [9.17, 15) is 14.7 Å². The van der Waals surface area contributed by atoms with Gasteiger partial charge in [-0.15, -0.1) is 0 Å². The Bertz CT molecular complexity index is 915. The molecule has 12 nitrogen and oxygen atoms in total. The number of amides is 2. The second kappa shape index (κ2) is 16.8. The average molecular weight is 541 g/mol. The van der Waals surface area contributed by atoms with E-state index in [1.54, 1.807) is 51.1 Å². The minimum Gasteiger partial charge on any atom is -0.445 e. The number of nitriles is 1. The van der Waals surface area contributed by atoms with Gasteiger partial charge in [0.2, 0.25) is 0 Å². The number of carbonyl (C=O) groups is 2. The molecular formula is C22H32N6O6S2. The summed E-state index contributed by atoms with van der Waals surface area (Å²) < 4.78 is 15.6. The number of hydrogen-bond donors (Lipinski definition) is 3. The quantitative estimate of drug-likeness (QED) is 0.0985. The molecule has 0 aromatic heterocycles. The van der Waals surface area contributed by atoms with Crippen molar-refractivity contribution in [1.82, 2.24) is 10.6 Å². The van der Waals surface area contributed by atoms with E-state index in [-0.39, 0.29) is 25.0 Å². The third-order valence-electron chi connectivity index (χ3n) is 4.34. The first-order chi connectivity index (χ1) is 17.1. The third-order valence-corrected chi connectivity index (χ3v) is 6.60. The number of aliphatic hydroxyl groups excluding tert-OH is 1. The fourth-order valence-corrected chi connectivity index (χ4v) is 4.74. The molecule has 198 valence electrons. The van der Waals surface area contributed by atoms with Gasteiger partial charge in [0.1, 0.15) is 18.8 Å². The van der Waals surface area contributed by atoms with Crippen LogP contribution in [0.15, 0.2) is 29.4 Å². The molecule has 0 heterocycles. The maximum absolute atomic E-state index is 12.2. The van der Waals surface area contributed by atoms with E-state index in [1.807, 2.05) is 6.26 Å². The molecule has 1 aromatic rings. The van der Waals surface area contributed by atoms with Crippen LogP contribution < -0.4 is 10.6 Å². The number of ether oxygens (including phenoxy) is 3. The Morgan fingerprint density at radius 1 is 1.25 bits per heavy atom. The van der Waals surface area contributed by atoms with Crippen molar-refractivity contribution in [3.05, 3.63) is 40.3 Å². The molecule has 0 spiro atoms. The molecule has 14 heteroatoms. The van der Waals surface area contributed by atoms with Crippen molar-refractivity contribution in [2.45, 2.75) is 63.4 Å². The van der Waals surface area contributed by atoms with Crippen molar-refractivity contribution >= 4 is 39.5 Å². The molecule has 0 aliphatic rings. The molecule has 0 bridgehead atoms. The predicted octanol–water partition coefficient (Wildman–Crippen LogP) is 4.77. The lowest BCUT2D eigenvalue weighted by Crippen LogP contribution is -2.47. The number of nitrogens with one attached hydrogen (secondary N) is 2. The molecule has 0 saturated heterocycles. The molecule has 0 aliphatic carbocycles. The number of carbonyl (C=O) groups excluding carboxylic acids is 2. The van der Waals surface area contributed by atoms with Gasteiger partial charge in [0.15, 0.2) is 6.29 Å². The van der Waals surface area contributed by atoms with Crippen LogP contribution in [-0.2, 0) is 20.8 Å². The summed E-state index contributed by atoms with van der Waals surface area (Å²) in [5.74, 6) is 0. The van der Waals surface area contributed by atoms with Gasteiger partial charge < -0.3 is 30.0 Å². The first-order valence-electron chi connectivity index (χ1n) is 11.0. The molecule has 0 saturated carbocycles. The van der Waals surface area contributed by atoms with Crippen molar-refractivity contribution < 1.29 is 28.9 Å². The Balaban J connectivity index is 2.61. The number of azide groups is 1. The third kappa shape index (κ3) is 13.9. The second-order valence-corrected chi connectivity index (χ2v) is 11.2. The molecule has 36 heavy (non-hydrogen) atoms. The number of benzene rings is 1. The highest BCUT2D eigenvalue weighted by Crippen LogP contribution is 2.27. The summed E-state index contributed by atoms with van der Waals surface area (Å²) in [5, 5.41) is 27.8. The minimum atomic E-state index is -1.40. The van der Waals surface area contributed by atoms with Gasteiger partial charge >= 0.3 is 12.2 Å². The Kier molecular flexibility index (Phi) is 14.5. The Labute approximate surface area is 218 Å². The van der Waals surface area contributed by atoms with Gasteiger partial charge in [-0.2, -0.15) is 5.26 Å². The average Bonchev–Trinajstić information content (AvgIpc) is 2.81. The largest absolute Gasteiger partial charge is 0.445 e. The molecule has 0 fully saturated rings. The van der Waals surface area contributed by atoms with Crippen LogP contribution >= 0.6 is 21.6 Å². The van der Waals surface area contributed by atoms with E-state index in [0.29, 0.717) is 18.5 Å². The van der Waals surface area contributed by atoms with Gasteiger partial charge in [-0.3, -0.25) is 0 Å². The Morgan fingerprint density at radius 2 is 1.94 bits per heavy atom. The number of hydrogen-bond acceptors (Lipinski definition) is 10. The van der Waals surface area contributed by atoms with E-state index < -0.39 is 30.1 Å². The minimum absolute atomic E-state index is 0.0486. The molecule has 0 aliphatic heterocycles. The van der Waals surface area contributed by atoms with E-state index in [0.717, 1.165) is 5.56 Å². The van der Waals surface area contributed by atoms with Crippen molar-refractivity contribution in [2.75, 3.05) is 19.4 Å². The van der Waals surface area contributed by atoms with Gasteiger partial charge in [-0.25, -0.2) is 9.59 Å². The summed E-state index contributed by atoms with van der Waals surface area (Å²) in [6, 6.07) is 7.60. The number of alkyl carbamates (subject to hydrolysis) is 2. The molecule has 0 radical (unpaired) electrons. The van der Waals surface area contributed by atoms with E-state index in [1.165, 1.54) is 21.6 Å². The SMILES string of the molecule is CSS[C@@H](CC[C@H](NC(=O)OC(C)(C)C)C(O)OCC#N)CNC(=O)OCc1ccc(N=[N+]=[N-])cc1. The van der Waals surface area contributed by atoms with Crippen LogP contribution in [0.25, 0.3) is 10.4 Å². The molecule has 1 rings (SSSR count). The maximum Gasteiger partial charge on any atom is 0.408 e. The van der Waals surface area contributed by atoms with Crippen molar-refractivity contribution in [3.8, 4) is 6.07 Å². The summed E-state index contributed by atoms with van der Waals surface area (Å²) in [6.07, 6.45) is -0.00679. The second-order valence-electron chi connectivity index (χ2n) is 8.39. The highest BCUT2D eigenvalue weighted by Gasteiger charge is 2.26. The lowest BCUT2D eigenvalue weighted by Gasteiger charge is -2.27. The smallest absolute Gasteiger partial charge is 0.408 e. The topological polar surface area (TPSA) is 179 Å². The monoisotopic (exact) mass is 540 g/mol. The number of aliphatic hydroxyl groups is 1. The van der Waals surface area contributed by atoms with Gasteiger partial charge in [0.25, 0.3) is 0 Å². The molecule has 3 atom stereocenters. The zero-order valence-corrected chi connectivity index (χ0v) is 22.3. The lowest BCUT2D eigenvalue weighted by molar-refractivity contribution is -0.110. The zero-order valence-electron chi connectivity index (χ0n) is 20.7. The summed E-state index contributed by atoms with van der Waals surface area (Å²) in [7, 11) is 3.04. The van der Waals surface area contributed by atoms with E-state index >= 15 is 0 Å². The highest BCUT2D eigenvalue weighted by molar-refractivity contribution is 8.76. The lowest BCUT2D eigenvalue weighted by atomic mass is 10.1. The van der Waals surface area contributed by atoms with Gasteiger partial charge in [-0.1, -0.05) is 51.0 Å². The van der Waals surface area contributed by atoms with E-state index in [4.69, 9.17) is 25.0 Å². The van der Waals surface area contributed by atoms with Gasteiger partial charge in [0.05, 0.1) is 12.1 Å². The Morgan fingerprint density at radius 3 is 2.53 bits per heavy atom. The van der Waals surface area contributed by atoms with Crippen LogP contribution in [-0.4, -0.2) is 59.9 Å². The van der Waals surface area contributed by atoms with Crippen LogP contribution in [0.5, 0.6) is 0 Å². The van der Waals surface area contributed by atoms with Gasteiger partial charge in [0, 0.05) is 22.4 Å². The molecule has 1 unspecified atom stereocenters. The van der Waals surface area contributed by atoms with Crippen LogP contribution in [0.3, 0.4) is 0 Å². The maximum atomic E-state index is 12.2. The highest BCUT2D eigenvalue weighted by atomic mass is 33.1. The van der Waals surface area contributed by atoms with E-state index in [2.05, 4.69) is 20.7 Å². The molecular weight excluding hydrogens is 508 g/mol.